The van der Waals surface area contributed by atoms with Crippen LogP contribution in [-0.2, 0) is 10.0 Å². The lowest BCUT2D eigenvalue weighted by atomic mass is 9.98. The Morgan fingerprint density at radius 1 is 1.00 bits per heavy atom. The molecule has 1 aliphatic rings. The third-order valence-corrected chi connectivity index (χ3v) is 7.37. The maximum Gasteiger partial charge on any atom is 0.247 e. The molecule has 4 aromatic rings. The molecule has 0 unspecified atom stereocenters. The van der Waals surface area contributed by atoms with Gasteiger partial charge in [0.15, 0.2) is 0 Å². The van der Waals surface area contributed by atoms with E-state index in [0.29, 0.717) is 6.42 Å². The van der Waals surface area contributed by atoms with E-state index in [2.05, 4.69) is 5.10 Å². The fourth-order valence-electron chi connectivity index (χ4n) is 3.90. The molecular formula is C24H22N4O2S2. The van der Waals surface area contributed by atoms with E-state index in [1.165, 1.54) is 10.7 Å². The lowest BCUT2D eigenvalue weighted by Crippen LogP contribution is -2.26. The van der Waals surface area contributed by atoms with Crippen molar-refractivity contribution in [3.05, 3.63) is 95.0 Å². The van der Waals surface area contributed by atoms with Gasteiger partial charge in [-0.3, -0.25) is 0 Å². The van der Waals surface area contributed by atoms with Gasteiger partial charge in [0.05, 0.1) is 28.6 Å². The number of aryl methyl sites for hydroxylation is 1. The minimum atomic E-state index is -3.58. The minimum Gasteiger partial charge on any atom is -0.240 e. The van der Waals surface area contributed by atoms with Crippen molar-refractivity contribution in [3.63, 3.8) is 0 Å². The fraction of sp³-hybridized carbons (Fsp3) is 0.167. The number of para-hydroxylation sites is 1. The molecule has 0 N–H and O–H groups in total. The van der Waals surface area contributed by atoms with Crippen molar-refractivity contribution in [1.29, 1.82) is 0 Å². The highest BCUT2D eigenvalue weighted by atomic mass is 32.2. The number of hydrogen-bond donors (Lipinski definition) is 0. The Labute approximate surface area is 191 Å². The maximum atomic E-state index is 12.7. The molecule has 6 nitrogen and oxygen atoms in total. The molecule has 0 aliphatic carbocycles. The Balaban J connectivity index is 1.62. The first-order valence-electron chi connectivity index (χ1n) is 10.2. The Bertz CT molecular complexity index is 1370. The Morgan fingerprint density at radius 2 is 1.75 bits per heavy atom. The van der Waals surface area contributed by atoms with Crippen molar-refractivity contribution in [1.82, 2.24) is 14.2 Å². The van der Waals surface area contributed by atoms with E-state index >= 15 is 0 Å². The van der Waals surface area contributed by atoms with Crippen LogP contribution in [0, 0.1) is 6.92 Å². The summed E-state index contributed by atoms with van der Waals surface area (Å²) in [5.41, 5.74) is 5.37. The second-order valence-electron chi connectivity index (χ2n) is 7.86. The summed E-state index contributed by atoms with van der Waals surface area (Å²) in [5.74, 6) is 0. The topological polar surface area (TPSA) is 67.6 Å². The van der Waals surface area contributed by atoms with Gasteiger partial charge in [-0.15, -0.1) is 11.3 Å². The zero-order chi connectivity index (χ0) is 22.3. The quantitative estimate of drug-likeness (QED) is 0.418. The number of thiophene rings is 1. The lowest BCUT2D eigenvalue weighted by Gasteiger charge is -2.20. The van der Waals surface area contributed by atoms with Crippen molar-refractivity contribution in [2.24, 2.45) is 5.10 Å². The van der Waals surface area contributed by atoms with E-state index in [1.54, 1.807) is 11.3 Å². The molecule has 0 radical (unpaired) electrons. The number of aromatic nitrogens is 2. The minimum absolute atomic E-state index is 0.462. The van der Waals surface area contributed by atoms with E-state index in [9.17, 15) is 8.42 Å². The zero-order valence-electron chi connectivity index (χ0n) is 17.7. The summed E-state index contributed by atoms with van der Waals surface area (Å²) in [7, 11) is -3.58. The average molecular weight is 463 g/mol. The number of rotatable bonds is 5. The van der Waals surface area contributed by atoms with Crippen LogP contribution in [0.5, 0.6) is 0 Å². The molecule has 0 saturated carbocycles. The molecular weight excluding hydrogens is 440 g/mol. The molecule has 0 saturated heterocycles. The third kappa shape index (κ3) is 3.87. The summed E-state index contributed by atoms with van der Waals surface area (Å²) < 4.78 is 28.5. The van der Waals surface area contributed by atoms with Gasteiger partial charge < -0.3 is 0 Å². The van der Waals surface area contributed by atoms with Crippen molar-refractivity contribution in [2.75, 3.05) is 6.26 Å². The number of hydrazone groups is 1. The smallest absolute Gasteiger partial charge is 0.240 e. The molecule has 2 aromatic carbocycles. The third-order valence-electron chi connectivity index (χ3n) is 5.47. The highest BCUT2D eigenvalue weighted by Crippen LogP contribution is 2.40. The van der Waals surface area contributed by atoms with Crippen LogP contribution in [0.4, 0.5) is 0 Å². The molecule has 3 heterocycles. The normalized spacial score (nSPS) is 16.4. The van der Waals surface area contributed by atoms with Crippen LogP contribution < -0.4 is 0 Å². The first-order valence-corrected chi connectivity index (χ1v) is 13.0. The molecule has 8 heteroatoms. The van der Waals surface area contributed by atoms with Crippen molar-refractivity contribution < 1.29 is 8.42 Å². The summed E-state index contributed by atoms with van der Waals surface area (Å²) in [6.45, 7) is 2.02. The molecule has 0 bridgehead atoms. The van der Waals surface area contributed by atoms with Crippen LogP contribution in [0.25, 0.3) is 16.3 Å². The predicted octanol–water partition coefficient (Wildman–Crippen LogP) is 5.02. The highest BCUT2D eigenvalue weighted by Gasteiger charge is 2.37. The molecule has 2 aromatic heterocycles. The van der Waals surface area contributed by atoms with Crippen LogP contribution in [0.3, 0.4) is 0 Å². The van der Waals surface area contributed by atoms with Gasteiger partial charge in [-0.25, -0.2) is 13.1 Å². The van der Waals surface area contributed by atoms with E-state index in [1.807, 2.05) is 89.9 Å². The molecule has 1 aliphatic heterocycles. The van der Waals surface area contributed by atoms with Gasteiger partial charge >= 0.3 is 0 Å². The molecule has 0 amide bonds. The van der Waals surface area contributed by atoms with E-state index < -0.39 is 16.1 Å². The van der Waals surface area contributed by atoms with Gasteiger partial charge in [-0.1, -0.05) is 54.1 Å². The highest BCUT2D eigenvalue weighted by molar-refractivity contribution is 7.88. The molecule has 5 rings (SSSR count). The van der Waals surface area contributed by atoms with E-state index in [0.717, 1.165) is 38.7 Å². The second kappa shape index (κ2) is 8.03. The second-order valence-corrected chi connectivity index (χ2v) is 10.6. The first kappa shape index (κ1) is 20.7. The molecule has 0 fully saturated rings. The molecule has 32 heavy (non-hydrogen) atoms. The van der Waals surface area contributed by atoms with E-state index in [-0.39, 0.29) is 0 Å². The van der Waals surface area contributed by atoms with Gasteiger partial charge in [0.1, 0.15) is 5.69 Å². The number of nitrogens with zero attached hydrogens (tertiary/aromatic N) is 4. The number of sulfonamides is 1. The Morgan fingerprint density at radius 3 is 2.41 bits per heavy atom. The van der Waals surface area contributed by atoms with Crippen LogP contribution in [0.2, 0.25) is 0 Å². The standard InChI is InChI=1S/C24H22N4O2S2/c1-17-10-12-18(13-11-17)21-15-22(28(25-21)32(2,29)30)20-16-27(19-7-4-3-5-8-19)26-24(20)23-9-6-14-31-23/h3-14,16,22H,15H2,1-2H3/t22-/m0/s1. The van der Waals surface area contributed by atoms with Crippen molar-refractivity contribution >= 4 is 27.1 Å². The van der Waals surface area contributed by atoms with Gasteiger partial charge in [0.2, 0.25) is 10.0 Å². The molecule has 0 spiro atoms. The molecule has 162 valence electrons. The average Bonchev–Trinajstić information content (AvgIpc) is 3.52. The summed E-state index contributed by atoms with van der Waals surface area (Å²) in [5, 5.41) is 11.4. The first-order chi connectivity index (χ1) is 15.4. The summed E-state index contributed by atoms with van der Waals surface area (Å²) in [6, 6.07) is 21.4. The SMILES string of the molecule is Cc1ccc(C2=NN(S(C)(=O)=O)[C@H](c3cn(-c4ccccc4)nc3-c3cccs3)C2)cc1. The predicted molar refractivity (Wildman–Crippen MR) is 129 cm³/mol. The Kier molecular flexibility index (Phi) is 5.19. The number of hydrogen-bond acceptors (Lipinski definition) is 5. The van der Waals surface area contributed by atoms with Gasteiger partial charge in [-0.2, -0.15) is 14.6 Å². The summed E-state index contributed by atoms with van der Waals surface area (Å²) >= 11 is 1.58. The van der Waals surface area contributed by atoms with Crippen LogP contribution >= 0.6 is 11.3 Å². The zero-order valence-corrected chi connectivity index (χ0v) is 19.3. The monoisotopic (exact) mass is 462 g/mol. The largest absolute Gasteiger partial charge is 0.247 e. The van der Waals surface area contributed by atoms with Crippen molar-refractivity contribution in [2.45, 2.75) is 19.4 Å². The van der Waals surface area contributed by atoms with Gasteiger partial charge in [0.25, 0.3) is 0 Å². The van der Waals surface area contributed by atoms with Crippen LogP contribution in [0.1, 0.15) is 29.2 Å². The number of benzene rings is 2. The van der Waals surface area contributed by atoms with Gasteiger partial charge in [-0.05, 0) is 36.1 Å². The molecule has 1 atom stereocenters. The van der Waals surface area contributed by atoms with Gasteiger partial charge in [0, 0.05) is 18.2 Å². The lowest BCUT2D eigenvalue weighted by molar-refractivity contribution is 0.375. The van der Waals surface area contributed by atoms with Crippen LogP contribution in [-0.4, -0.2) is 34.6 Å². The fourth-order valence-corrected chi connectivity index (χ4v) is 5.52. The summed E-state index contributed by atoms with van der Waals surface area (Å²) in [6.07, 6.45) is 3.61. The maximum absolute atomic E-state index is 12.7. The van der Waals surface area contributed by atoms with E-state index in [4.69, 9.17) is 5.10 Å². The van der Waals surface area contributed by atoms with Crippen molar-refractivity contribution in [3.8, 4) is 16.3 Å². The van der Waals surface area contributed by atoms with Crippen LogP contribution in [0.15, 0.2) is 83.4 Å². The Hall–Kier alpha value is -3.23. The summed E-state index contributed by atoms with van der Waals surface area (Å²) in [4.78, 5) is 0.993.